The molecule has 0 aromatic rings. The lowest BCUT2D eigenvalue weighted by molar-refractivity contribution is -0.146. The lowest BCUT2D eigenvalue weighted by Crippen LogP contribution is -2.48. The van der Waals surface area contributed by atoms with Gasteiger partial charge in [-0.05, 0) is 39.8 Å². The summed E-state index contributed by atoms with van der Waals surface area (Å²) in [6.07, 6.45) is 6.31. The van der Waals surface area contributed by atoms with E-state index in [9.17, 15) is 4.79 Å². The molecule has 0 aromatic carbocycles. The number of likely N-dealkylation sites (tertiary alicyclic amines) is 1. The van der Waals surface area contributed by atoms with E-state index >= 15 is 0 Å². The fraction of sp³-hybridized carbons (Fsp3) is 0.929. The molecule has 4 heteroatoms. The summed E-state index contributed by atoms with van der Waals surface area (Å²) in [5, 5.41) is 3.08. The molecule has 0 saturated carbocycles. The number of hydrogen-bond donors (Lipinski definition) is 1. The van der Waals surface area contributed by atoms with Crippen molar-refractivity contribution in [3.63, 3.8) is 0 Å². The van der Waals surface area contributed by atoms with Crippen molar-refractivity contribution >= 4 is 5.97 Å². The molecule has 1 rings (SSSR count). The molecule has 0 aliphatic carbocycles. The van der Waals surface area contributed by atoms with Crippen LogP contribution in [0.25, 0.3) is 0 Å². The lowest BCUT2D eigenvalue weighted by Gasteiger charge is -2.31. The van der Waals surface area contributed by atoms with Crippen LogP contribution in [0, 0.1) is 0 Å². The molecule has 18 heavy (non-hydrogen) atoms. The van der Waals surface area contributed by atoms with Crippen molar-refractivity contribution in [3.8, 4) is 0 Å². The zero-order chi connectivity index (χ0) is 13.4. The topological polar surface area (TPSA) is 41.6 Å². The second-order valence-corrected chi connectivity index (χ2v) is 5.00. The highest BCUT2D eigenvalue weighted by Gasteiger charge is 2.26. The maximum Gasteiger partial charge on any atom is 0.324 e. The largest absolute Gasteiger partial charge is 0.465 e. The number of nitrogens with one attached hydrogen (secondary N) is 1. The SMILES string of the molecule is CCOC(=O)C(CN1CCCCCC1CC)NC. The van der Waals surface area contributed by atoms with Gasteiger partial charge in [-0.15, -0.1) is 0 Å². The van der Waals surface area contributed by atoms with Gasteiger partial charge in [-0.2, -0.15) is 0 Å². The van der Waals surface area contributed by atoms with E-state index in [2.05, 4.69) is 17.1 Å². The summed E-state index contributed by atoms with van der Waals surface area (Å²) in [5.41, 5.74) is 0. The Bertz CT molecular complexity index is 246. The summed E-state index contributed by atoms with van der Waals surface area (Å²) < 4.78 is 5.11. The van der Waals surface area contributed by atoms with E-state index in [1.807, 2.05) is 14.0 Å². The van der Waals surface area contributed by atoms with Crippen LogP contribution in [0.3, 0.4) is 0 Å². The fourth-order valence-electron chi connectivity index (χ4n) is 2.70. The van der Waals surface area contributed by atoms with Gasteiger partial charge in [-0.3, -0.25) is 9.69 Å². The molecule has 2 unspecified atom stereocenters. The number of ether oxygens (including phenoxy) is 1. The number of likely N-dealkylation sites (N-methyl/N-ethyl adjacent to an activating group) is 1. The Labute approximate surface area is 111 Å². The Balaban J connectivity index is 2.56. The number of carbonyl (C=O) groups is 1. The lowest BCUT2D eigenvalue weighted by atomic mass is 10.1. The molecule has 1 aliphatic heterocycles. The summed E-state index contributed by atoms with van der Waals surface area (Å²) in [5.74, 6) is -0.126. The van der Waals surface area contributed by atoms with E-state index in [4.69, 9.17) is 4.74 Å². The van der Waals surface area contributed by atoms with Gasteiger partial charge in [0.15, 0.2) is 0 Å². The molecular weight excluding hydrogens is 228 g/mol. The van der Waals surface area contributed by atoms with Gasteiger partial charge in [0, 0.05) is 12.6 Å². The van der Waals surface area contributed by atoms with Crippen molar-refractivity contribution < 1.29 is 9.53 Å². The minimum Gasteiger partial charge on any atom is -0.465 e. The van der Waals surface area contributed by atoms with Gasteiger partial charge in [0.05, 0.1) is 6.61 Å². The monoisotopic (exact) mass is 256 g/mol. The van der Waals surface area contributed by atoms with Gasteiger partial charge in [0.25, 0.3) is 0 Å². The summed E-state index contributed by atoms with van der Waals surface area (Å²) in [7, 11) is 1.83. The maximum atomic E-state index is 11.8. The second-order valence-electron chi connectivity index (χ2n) is 5.00. The van der Waals surface area contributed by atoms with E-state index < -0.39 is 0 Å². The van der Waals surface area contributed by atoms with Crippen molar-refractivity contribution in [2.24, 2.45) is 0 Å². The molecule has 1 saturated heterocycles. The molecule has 1 fully saturated rings. The van der Waals surface area contributed by atoms with Gasteiger partial charge in [-0.25, -0.2) is 0 Å². The Morgan fingerprint density at radius 3 is 2.78 bits per heavy atom. The number of esters is 1. The zero-order valence-electron chi connectivity index (χ0n) is 12.1. The number of rotatable bonds is 6. The van der Waals surface area contributed by atoms with Crippen molar-refractivity contribution in [1.29, 1.82) is 0 Å². The first-order valence-corrected chi connectivity index (χ1v) is 7.30. The van der Waals surface area contributed by atoms with Crippen LogP contribution in [0.5, 0.6) is 0 Å². The quantitative estimate of drug-likeness (QED) is 0.736. The first-order chi connectivity index (χ1) is 8.72. The number of carbonyl (C=O) groups excluding carboxylic acids is 1. The van der Waals surface area contributed by atoms with Crippen LogP contribution in [-0.4, -0.2) is 49.7 Å². The molecule has 4 nitrogen and oxygen atoms in total. The average Bonchev–Trinajstić information content (AvgIpc) is 2.60. The van der Waals surface area contributed by atoms with Crippen LogP contribution in [0.1, 0.15) is 46.0 Å². The smallest absolute Gasteiger partial charge is 0.324 e. The molecule has 2 atom stereocenters. The Morgan fingerprint density at radius 1 is 1.39 bits per heavy atom. The third-order valence-electron chi connectivity index (χ3n) is 3.81. The van der Waals surface area contributed by atoms with Gasteiger partial charge >= 0.3 is 5.97 Å². The van der Waals surface area contributed by atoms with Crippen molar-refractivity contribution in [3.05, 3.63) is 0 Å². The van der Waals surface area contributed by atoms with Crippen LogP contribution in [0.15, 0.2) is 0 Å². The minimum atomic E-state index is -0.197. The van der Waals surface area contributed by atoms with Crippen molar-refractivity contribution in [2.75, 3.05) is 26.7 Å². The molecule has 106 valence electrons. The highest BCUT2D eigenvalue weighted by atomic mass is 16.5. The maximum absolute atomic E-state index is 11.8. The summed E-state index contributed by atoms with van der Waals surface area (Å²) in [6.45, 7) is 6.42. The predicted octanol–water partition coefficient (Wildman–Crippen LogP) is 1.79. The molecule has 0 aromatic heterocycles. The van der Waals surface area contributed by atoms with Crippen LogP contribution in [0.2, 0.25) is 0 Å². The first kappa shape index (κ1) is 15.4. The van der Waals surface area contributed by atoms with Crippen LogP contribution >= 0.6 is 0 Å². The average molecular weight is 256 g/mol. The third-order valence-corrected chi connectivity index (χ3v) is 3.81. The summed E-state index contributed by atoms with van der Waals surface area (Å²) >= 11 is 0. The fourth-order valence-corrected chi connectivity index (χ4v) is 2.70. The molecule has 0 radical (unpaired) electrons. The van der Waals surface area contributed by atoms with E-state index in [1.165, 1.54) is 32.1 Å². The van der Waals surface area contributed by atoms with Crippen LogP contribution < -0.4 is 5.32 Å². The van der Waals surface area contributed by atoms with Crippen molar-refractivity contribution in [1.82, 2.24) is 10.2 Å². The summed E-state index contributed by atoms with van der Waals surface area (Å²) in [4.78, 5) is 14.3. The molecule has 1 N–H and O–H groups in total. The van der Waals surface area contributed by atoms with Gasteiger partial charge in [0.1, 0.15) is 6.04 Å². The first-order valence-electron chi connectivity index (χ1n) is 7.30. The zero-order valence-corrected chi connectivity index (χ0v) is 12.1. The predicted molar refractivity (Wildman–Crippen MR) is 73.6 cm³/mol. The standard InChI is InChI=1S/C14H28N2O2/c1-4-12-9-7-6-8-10-16(12)11-13(15-3)14(17)18-5-2/h12-13,15H,4-11H2,1-3H3. The molecule has 0 spiro atoms. The molecule has 1 aliphatic rings. The minimum absolute atomic E-state index is 0.126. The van der Waals surface area contributed by atoms with Crippen LogP contribution in [0.4, 0.5) is 0 Å². The highest BCUT2D eigenvalue weighted by Crippen LogP contribution is 2.19. The van der Waals surface area contributed by atoms with Crippen LogP contribution in [-0.2, 0) is 9.53 Å². The second kappa shape index (κ2) is 8.48. The van der Waals surface area contributed by atoms with E-state index in [0.717, 1.165) is 13.1 Å². The Hall–Kier alpha value is -0.610. The third kappa shape index (κ3) is 4.58. The van der Waals surface area contributed by atoms with E-state index in [1.54, 1.807) is 0 Å². The Morgan fingerprint density at radius 2 is 2.17 bits per heavy atom. The number of hydrogen-bond acceptors (Lipinski definition) is 4. The van der Waals surface area contributed by atoms with Gasteiger partial charge in [0.2, 0.25) is 0 Å². The molecule has 0 amide bonds. The van der Waals surface area contributed by atoms with Crippen molar-refractivity contribution in [2.45, 2.75) is 58.0 Å². The highest BCUT2D eigenvalue weighted by molar-refractivity contribution is 5.76. The Kier molecular flexibility index (Phi) is 7.28. The van der Waals surface area contributed by atoms with E-state index in [0.29, 0.717) is 12.6 Å². The summed E-state index contributed by atoms with van der Waals surface area (Å²) in [6, 6.07) is 0.426. The molecular formula is C14H28N2O2. The molecule has 0 bridgehead atoms. The normalized spacial score (nSPS) is 23.4. The van der Waals surface area contributed by atoms with Gasteiger partial charge < -0.3 is 10.1 Å². The van der Waals surface area contributed by atoms with Gasteiger partial charge in [-0.1, -0.05) is 19.8 Å². The number of nitrogens with zero attached hydrogens (tertiary/aromatic N) is 1. The molecule has 1 heterocycles. The van der Waals surface area contributed by atoms with E-state index in [-0.39, 0.29) is 12.0 Å².